The molecule has 0 spiro atoms. The van der Waals surface area contributed by atoms with Crippen LogP contribution in [-0.4, -0.2) is 30.3 Å². The van der Waals surface area contributed by atoms with Crippen LogP contribution in [0, 0.1) is 19.7 Å². The average molecular weight is 468 g/mol. The van der Waals surface area contributed by atoms with Crippen molar-refractivity contribution in [1.29, 1.82) is 0 Å². The molecule has 1 fully saturated rings. The molecule has 0 aliphatic heterocycles. The first-order chi connectivity index (χ1) is 16.4. The standard InChI is InChI=1S/C27H30FNO5/c1-17-6-4-7-20(25(17)27(30)31-3)15-32-22-8-5-9-23(14-22)33-16-24-18(2)34-26(29-24)19-10-12-21(28)13-11-19/h4,6-7,10-13,22-23H,5,8-9,14-16H2,1-3H3/t22-,23+/m0/s1. The largest absolute Gasteiger partial charge is 0.465 e. The minimum atomic E-state index is -0.343. The van der Waals surface area contributed by atoms with Crippen molar-refractivity contribution in [2.45, 2.75) is 65.0 Å². The average Bonchev–Trinajstić information content (AvgIpc) is 3.22. The maximum atomic E-state index is 13.2. The summed E-state index contributed by atoms with van der Waals surface area (Å²) in [7, 11) is 1.39. The van der Waals surface area contributed by atoms with E-state index in [2.05, 4.69) is 4.98 Å². The molecule has 4 rings (SSSR count). The normalized spacial score (nSPS) is 18.1. The van der Waals surface area contributed by atoms with Crippen LogP contribution in [0.4, 0.5) is 4.39 Å². The molecule has 180 valence electrons. The number of hydrogen-bond acceptors (Lipinski definition) is 6. The van der Waals surface area contributed by atoms with Gasteiger partial charge in [0.25, 0.3) is 0 Å². The zero-order valence-corrected chi connectivity index (χ0v) is 19.8. The van der Waals surface area contributed by atoms with Gasteiger partial charge >= 0.3 is 5.97 Å². The summed E-state index contributed by atoms with van der Waals surface area (Å²) in [5.74, 6) is 0.511. The molecule has 1 aliphatic carbocycles. The van der Waals surface area contributed by atoms with E-state index in [1.54, 1.807) is 12.1 Å². The zero-order valence-electron chi connectivity index (χ0n) is 19.8. The molecule has 0 bridgehead atoms. The van der Waals surface area contributed by atoms with Gasteiger partial charge in [-0.25, -0.2) is 14.2 Å². The Morgan fingerprint density at radius 1 is 1.06 bits per heavy atom. The molecule has 0 amide bonds. The van der Waals surface area contributed by atoms with E-state index in [1.165, 1.54) is 19.2 Å². The van der Waals surface area contributed by atoms with Crippen LogP contribution in [0.1, 0.15) is 58.6 Å². The van der Waals surface area contributed by atoms with Crippen molar-refractivity contribution in [1.82, 2.24) is 4.98 Å². The molecule has 1 aliphatic rings. The van der Waals surface area contributed by atoms with Gasteiger partial charge in [-0.1, -0.05) is 18.2 Å². The molecule has 7 heteroatoms. The highest BCUT2D eigenvalue weighted by Crippen LogP contribution is 2.28. The van der Waals surface area contributed by atoms with Crippen molar-refractivity contribution < 1.29 is 27.8 Å². The molecule has 2 aromatic carbocycles. The number of hydrogen-bond donors (Lipinski definition) is 0. The highest BCUT2D eigenvalue weighted by molar-refractivity contribution is 5.92. The summed E-state index contributed by atoms with van der Waals surface area (Å²) >= 11 is 0. The molecule has 0 radical (unpaired) electrons. The monoisotopic (exact) mass is 467 g/mol. The molecule has 1 heterocycles. The Hall–Kier alpha value is -3.03. The number of oxazole rings is 1. The van der Waals surface area contributed by atoms with Crippen LogP contribution < -0.4 is 0 Å². The number of nitrogens with zero attached hydrogens (tertiary/aromatic N) is 1. The predicted molar refractivity (Wildman–Crippen MR) is 125 cm³/mol. The van der Waals surface area contributed by atoms with Crippen molar-refractivity contribution in [3.63, 3.8) is 0 Å². The molecule has 6 nitrogen and oxygen atoms in total. The van der Waals surface area contributed by atoms with Crippen molar-refractivity contribution in [2.75, 3.05) is 7.11 Å². The molecule has 1 aromatic heterocycles. The Morgan fingerprint density at radius 2 is 1.76 bits per heavy atom. The number of halogens is 1. The van der Waals surface area contributed by atoms with Gasteiger partial charge in [0.1, 0.15) is 17.3 Å². The maximum Gasteiger partial charge on any atom is 0.338 e. The fourth-order valence-corrected chi connectivity index (χ4v) is 4.33. The quantitative estimate of drug-likeness (QED) is 0.383. The van der Waals surface area contributed by atoms with E-state index in [4.69, 9.17) is 18.6 Å². The molecule has 0 unspecified atom stereocenters. The first kappa shape index (κ1) is 24.1. The molecule has 0 saturated heterocycles. The maximum absolute atomic E-state index is 13.2. The third kappa shape index (κ3) is 5.72. The number of esters is 1. The van der Waals surface area contributed by atoms with E-state index in [0.717, 1.165) is 48.1 Å². The fourth-order valence-electron chi connectivity index (χ4n) is 4.33. The minimum absolute atomic E-state index is 0.0536. The SMILES string of the molecule is COC(=O)c1c(C)cccc1CO[C@H]1CCC[C@@H](OCc2nc(-c3ccc(F)cc3)oc2C)C1. The van der Waals surface area contributed by atoms with Gasteiger partial charge in [-0.05, 0) is 74.9 Å². The van der Waals surface area contributed by atoms with Crippen LogP contribution in [0.15, 0.2) is 46.9 Å². The first-order valence-corrected chi connectivity index (χ1v) is 11.6. The van der Waals surface area contributed by atoms with E-state index in [9.17, 15) is 9.18 Å². The topological polar surface area (TPSA) is 70.8 Å². The van der Waals surface area contributed by atoms with Crippen LogP contribution in [0.25, 0.3) is 11.5 Å². The van der Waals surface area contributed by atoms with Gasteiger partial charge in [-0.3, -0.25) is 0 Å². The van der Waals surface area contributed by atoms with Crippen LogP contribution in [0.5, 0.6) is 0 Å². The Balaban J connectivity index is 1.33. The molecule has 2 atom stereocenters. The summed E-state index contributed by atoms with van der Waals surface area (Å²) in [6.07, 6.45) is 3.81. The second-order valence-electron chi connectivity index (χ2n) is 8.66. The number of rotatable bonds is 8. The van der Waals surface area contributed by atoms with Crippen molar-refractivity contribution in [3.05, 3.63) is 76.4 Å². The fraction of sp³-hybridized carbons (Fsp3) is 0.407. The number of carbonyl (C=O) groups is 1. The van der Waals surface area contributed by atoms with E-state index < -0.39 is 0 Å². The Labute approximate surface area is 199 Å². The third-order valence-electron chi connectivity index (χ3n) is 6.24. The third-order valence-corrected chi connectivity index (χ3v) is 6.24. The number of benzene rings is 2. The Kier molecular flexibility index (Phi) is 7.75. The van der Waals surface area contributed by atoms with Crippen LogP contribution in [-0.2, 0) is 27.4 Å². The van der Waals surface area contributed by atoms with E-state index in [-0.39, 0.29) is 24.0 Å². The van der Waals surface area contributed by atoms with Crippen molar-refractivity contribution in [2.24, 2.45) is 0 Å². The zero-order chi connectivity index (χ0) is 24.1. The summed E-state index contributed by atoms with van der Waals surface area (Å²) < 4.78 is 36.2. The predicted octanol–water partition coefficient (Wildman–Crippen LogP) is 5.93. The van der Waals surface area contributed by atoms with Crippen LogP contribution in [0.3, 0.4) is 0 Å². The number of carbonyl (C=O) groups excluding carboxylic acids is 1. The smallest absolute Gasteiger partial charge is 0.338 e. The van der Waals surface area contributed by atoms with E-state index in [1.807, 2.05) is 32.0 Å². The first-order valence-electron chi connectivity index (χ1n) is 11.6. The summed E-state index contributed by atoms with van der Waals surface area (Å²) in [6, 6.07) is 11.8. The Morgan fingerprint density at radius 3 is 2.47 bits per heavy atom. The number of aryl methyl sites for hydroxylation is 2. The molecule has 34 heavy (non-hydrogen) atoms. The van der Waals surface area contributed by atoms with Gasteiger partial charge < -0.3 is 18.6 Å². The lowest BCUT2D eigenvalue weighted by molar-refractivity contribution is -0.0564. The Bertz CT molecular complexity index is 1120. The lowest BCUT2D eigenvalue weighted by Crippen LogP contribution is -2.28. The molecule has 0 N–H and O–H groups in total. The summed E-state index contributed by atoms with van der Waals surface area (Å²) in [5, 5.41) is 0. The van der Waals surface area contributed by atoms with Crippen molar-refractivity contribution >= 4 is 5.97 Å². The van der Waals surface area contributed by atoms with Crippen LogP contribution in [0.2, 0.25) is 0 Å². The summed E-state index contributed by atoms with van der Waals surface area (Å²) in [5.41, 5.74) is 3.75. The molecular formula is C27H30FNO5. The number of methoxy groups -OCH3 is 1. The van der Waals surface area contributed by atoms with Gasteiger partial charge in [0.2, 0.25) is 5.89 Å². The van der Waals surface area contributed by atoms with Gasteiger partial charge in [0.15, 0.2) is 0 Å². The van der Waals surface area contributed by atoms with Crippen LogP contribution >= 0.6 is 0 Å². The summed E-state index contributed by atoms with van der Waals surface area (Å²) in [6.45, 7) is 4.45. The molecule has 3 aromatic rings. The lowest BCUT2D eigenvalue weighted by Gasteiger charge is -2.29. The van der Waals surface area contributed by atoms with Gasteiger partial charge in [0, 0.05) is 5.56 Å². The van der Waals surface area contributed by atoms with Crippen molar-refractivity contribution in [3.8, 4) is 11.5 Å². The minimum Gasteiger partial charge on any atom is -0.465 e. The second-order valence-corrected chi connectivity index (χ2v) is 8.66. The highest BCUT2D eigenvalue weighted by atomic mass is 19.1. The van der Waals surface area contributed by atoms with Gasteiger partial charge in [-0.15, -0.1) is 0 Å². The lowest BCUT2D eigenvalue weighted by atomic mass is 9.94. The summed E-state index contributed by atoms with van der Waals surface area (Å²) in [4.78, 5) is 16.7. The van der Waals surface area contributed by atoms with Gasteiger partial charge in [0.05, 0.1) is 38.1 Å². The number of aromatic nitrogens is 1. The van der Waals surface area contributed by atoms with Gasteiger partial charge in [-0.2, -0.15) is 0 Å². The van der Waals surface area contributed by atoms with E-state index >= 15 is 0 Å². The second kappa shape index (κ2) is 10.9. The van der Waals surface area contributed by atoms with E-state index in [0.29, 0.717) is 30.4 Å². The highest BCUT2D eigenvalue weighted by Gasteiger charge is 2.25. The molecule has 1 saturated carbocycles. The number of ether oxygens (including phenoxy) is 3. The molecular weight excluding hydrogens is 437 g/mol.